The Bertz CT molecular complexity index is 981. The van der Waals surface area contributed by atoms with Gasteiger partial charge in [-0.05, 0) is 42.5 Å². The number of methoxy groups -OCH3 is 1. The third-order valence-electron chi connectivity index (χ3n) is 5.26. The minimum absolute atomic E-state index is 0.246. The fourth-order valence-corrected chi connectivity index (χ4v) is 3.61. The molecule has 0 radical (unpaired) electrons. The molecule has 29 heavy (non-hydrogen) atoms. The quantitative estimate of drug-likeness (QED) is 0.654. The summed E-state index contributed by atoms with van der Waals surface area (Å²) >= 11 is 0. The average Bonchev–Trinajstić information content (AvgIpc) is 3.43. The van der Waals surface area contributed by atoms with Gasteiger partial charge in [-0.25, -0.2) is 0 Å². The van der Waals surface area contributed by atoms with Gasteiger partial charge in [0, 0.05) is 37.4 Å². The van der Waals surface area contributed by atoms with Crippen LogP contribution in [-0.2, 0) is 6.54 Å². The van der Waals surface area contributed by atoms with Gasteiger partial charge in [0.25, 0.3) is 0 Å². The summed E-state index contributed by atoms with van der Waals surface area (Å²) in [7, 11) is 1.68. The van der Waals surface area contributed by atoms with E-state index in [9.17, 15) is 0 Å². The molecule has 1 aromatic heterocycles. The molecule has 0 bridgehead atoms. The minimum atomic E-state index is 0.246. The number of hydrogen-bond acceptors (Lipinski definition) is 8. The van der Waals surface area contributed by atoms with Crippen molar-refractivity contribution in [1.29, 1.82) is 0 Å². The number of aromatic nitrogens is 2. The van der Waals surface area contributed by atoms with Gasteiger partial charge in [0.2, 0.25) is 18.6 Å². The molecule has 0 atom stereocenters. The van der Waals surface area contributed by atoms with Crippen LogP contribution < -0.4 is 19.1 Å². The molecule has 0 unspecified atom stereocenters. The maximum absolute atomic E-state index is 5.88. The predicted molar refractivity (Wildman–Crippen MR) is 106 cm³/mol. The van der Waals surface area contributed by atoms with Crippen molar-refractivity contribution in [1.82, 2.24) is 15.1 Å². The monoisotopic (exact) mass is 394 g/mol. The largest absolute Gasteiger partial charge is 0.497 e. The normalized spacial score (nSPS) is 16.2. The zero-order chi connectivity index (χ0) is 19.6. The van der Waals surface area contributed by atoms with Crippen molar-refractivity contribution in [3.8, 4) is 28.7 Å². The summed E-state index contributed by atoms with van der Waals surface area (Å²) in [6, 6.07) is 13.8. The minimum Gasteiger partial charge on any atom is -0.497 e. The Morgan fingerprint density at radius 1 is 0.931 bits per heavy atom. The van der Waals surface area contributed by atoms with Crippen LogP contribution in [0.1, 0.15) is 5.89 Å². The van der Waals surface area contributed by atoms with Crippen LogP contribution >= 0.6 is 0 Å². The molecule has 3 aromatic rings. The lowest BCUT2D eigenvalue weighted by atomic mass is 10.2. The van der Waals surface area contributed by atoms with E-state index in [1.54, 1.807) is 7.11 Å². The molecule has 0 saturated carbocycles. The molecular weight excluding hydrogens is 372 g/mol. The van der Waals surface area contributed by atoms with Crippen LogP contribution in [0.15, 0.2) is 46.9 Å². The maximum Gasteiger partial charge on any atom is 0.247 e. The van der Waals surface area contributed by atoms with Gasteiger partial charge < -0.3 is 23.5 Å². The van der Waals surface area contributed by atoms with E-state index in [4.69, 9.17) is 18.6 Å². The van der Waals surface area contributed by atoms with E-state index in [0.717, 1.165) is 43.2 Å². The molecule has 1 saturated heterocycles. The van der Waals surface area contributed by atoms with Crippen LogP contribution in [0.2, 0.25) is 0 Å². The van der Waals surface area contributed by atoms with E-state index in [1.165, 1.54) is 5.69 Å². The lowest BCUT2D eigenvalue weighted by molar-refractivity contribution is 0.174. The molecular formula is C21H22N4O4. The van der Waals surface area contributed by atoms with Crippen molar-refractivity contribution >= 4 is 5.69 Å². The predicted octanol–water partition coefficient (Wildman–Crippen LogP) is 2.80. The Balaban J connectivity index is 1.19. The summed E-state index contributed by atoms with van der Waals surface area (Å²) in [5.74, 6) is 3.44. The van der Waals surface area contributed by atoms with Gasteiger partial charge in [0.05, 0.1) is 13.7 Å². The van der Waals surface area contributed by atoms with Gasteiger partial charge in [-0.1, -0.05) is 0 Å². The van der Waals surface area contributed by atoms with E-state index in [0.29, 0.717) is 24.1 Å². The highest BCUT2D eigenvalue weighted by Gasteiger charge is 2.21. The van der Waals surface area contributed by atoms with Gasteiger partial charge in [0.15, 0.2) is 11.5 Å². The number of anilines is 1. The fourth-order valence-electron chi connectivity index (χ4n) is 3.61. The second-order valence-corrected chi connectivity index (χ2v) is 7.03. The Morgan fingerprint density at radius 3 is 2.52 bits per heavy atom. The lowest BCUT2D eigenvalue weighted by Gasteiger charge is -2.35. The number of benzene rings is 2. The molecule has 5 rings (SSSR count). The molecule has 0 N–H and O–H groups in total. The zero-order valence-electron chi connectivity index (χ0n) is 16.2. The lowest BCUT2D eigenvalue weighted by Crippen LogP contribution is -2.46. The van der Waals surface area contributed by atoms with Crippen molar-refractivity contribution in [3.05, 3.63) is 48.4 Å². The number of fused-ring (bicyclic) bond motifs is 1. The summed E-state index contributed by atoms with van der Waals surface area (Å²) in [4.78, 5) is 4.71. The Morgan fingerprint density at radius 2 is 1.72 bits per heavy atom. The maximum atomic E-state index is 5.88. The highest BCUT2D eigenvalue weighted by atomic mass is 16.7. The number of nitrogens with zero attached hydrogens (tertiary/aromatic N) is 4. The first-order chi connectivity index (χ1) is 14.3. The molecule has 150 valence electrons. The smallest absolute Gasteiger partial charge is 0.247 e. The first-order valence-corrected chi connectivity index (χ1v) is 9.62. The Labute approximate surface area is 168 Å². The fraction of sp³-hybridized carbons (Fsp3) is 0.333. The van der Waals surface area contributed by atoms with Crippen LogP contribution in [0.4, 0.5) is 5.69 Å². The first-order valence-electron chi connectivity index (χ1n) is 9.62. The molecule has 3 heterocycles. The molecule has 8 nitrogen and oxygen atoms in total. The van der Waals surface area contributed by atoms with Gasteiger partial charge in [-0.15, -0.1) is 10.2 Å². The molecule has 2 aliphatic rings. The number of rotatable bonds is 5. The van der Waals surface area contributed by atoms with Crippen LogP contribution in [-0.4, -0.2) is 55.2 Å². The van der Waals surface area contributed by atoms with E-state index in [2.05, 4.69) is 32.1 Å². The molecule has 0 amide bonds. The summed E-state index contributed by atoms with van der Waals surface area (Å²) in [6.45, 7) is 4.68. The van der Waals surface area contributed by atoms with Gasteiger partial charge in [-0.2, -0.15) is 0 Å². The second-order valence-electron chi connectivity index (χ2n) is 7.03. The average molecular weight is 394 g/mol. The van der Waals surface area contributed by atoms with E-state index in [-0.39, 0.29) is 6.79 Å². The third-order valence-corrected chi connectivity index (χ3v) is 5.26. The summed E-state index contributed by atoms with van der Waals surface area (Å²) < 4.78 is 21.9. The van der Waals surface area contributed by atoms with Gasteiger partial charge >= 0.3 is 0 Å². The van der Waals surface area contributed by atoms with Crippen molar-refractivity contribution in [2.75, 3.05) is 45.0 Å². The zero-order valence-corrected chi connectivity index (χ0v) is 16.2. The molecule has 8 heteroatoms. The highest BCUT2D eigenvalue weighted by molar-refractivity contribution is 5.60. The topological polar surface area (TPSA) is 73.1 Å². The van der Waals surface area contributed by atoms with Crippen LogP contribution in [0, 0.1) is 0 Å². The summed E-state index contributed by atoms with van der Waals surface area (Å²) in [5, 5.41) is 8.41. The Kier molecular flexibility index (Phi) is 4.69. The number of ether oxygens (including phenoxy) is 3. The number of hydrogen-bond donors (Lipinski definition) is 0. The van der Waals surface area contributed by atoms with Gasteiger partial charge in [-0.3, -0.25) is 4.90 Å². The van der Waals surface area contributed by atoms with Crippen molar-refractivity contribution in [3.63, 3.8) is 0 Å². The Hall–Kier alpha value is -3.26. The molecule has 2 aliphatic heterocycles. The van der Waals surface area contributed by atoms with Gasteiger partial charge in [0.1, 0.15) is 5.75 Å². The summed E-state index contributed by atoms with van der Waals surface area (Å²) in [6.07, 6.45) is 0. The second kappa shape index (κ2) is 7.63. The van der Waals surface area contributed by atoms with Crippen LogP contribution in [0.3, 0.4) is 0 Å². The molecule has 0 spiro atoms. The molecule has 2 aromatic carbocycles. The van der Waals surface area contributed by atoms with Crippen molar-refractivity contribution in [2.45, 2.75) is 6.54 Å². The van der Waals surface area contributed by atoms with Crippen molar-refractivity contribution in [2.24, 2.45) is 0 Å². The number of piperazine rings is 1. The van der Waals surface area contributed by atoms with E-state index in [1.807, 2.05) is 30.3 Å². The highest BCUT2D eigenvalue weighted by Crippen LogP contribution is 2.35. The third kappa shape index (κ3) is 3.71. The van der Waals surface area contributed by atoms with E-state index < -0.39 is 0 Å². The molecule has 1 fully saturated rings. The van der Waals surface area contributed by atoms with E-state index >= 15 is 0 Å². The molecule has 0 aliphatic carbocycles. The SMILES string of the molecule is COc1ccc(N2CCN(Cc3nnc(-c4ccc5c(c4)OCO5)o3)CC2)cc1. The standard InChI is InChI=1S/C21H22N4O4/c1-26-17-5-3-16(4-6-17)25-10-8-24(9-11-25)13-20-22-23-21(29-20)15-2-7-18-19(12-15)28-14-27-18/h2-7,12H,8-11,13-14H2,1H3. The summed E-state index contributed by atoms with van der Waals surface area (Å²) in [5.41, 5.74) is 2.05. The van der Waals surface area contributed by atoms with Crippen molar-refractivity contribution < 1.29 is 18.6 Å². The van der Waals surface area contributed by atoms with Crippen LogP contribution in [0.5, 0.6) is 17.2 Å². The first kappa shape index (κ1) is 17.8. The van der Waals surface area contributed by atoms with Crippen LogP contribution in [0.25, 0.3) is 11.5 Å².